The summed E-state index contributed by atoms with van der Waals surface area (Å²) in [5, 5.41) is 2.77. The van der Waals surface area contributed by atoms with Crippen molar-refractivity contribution in [2.45, 2.75) is 25.6 Å². The Morgan fingerprint density at radius 3 is 2.38 bits per heavy atom. The fraction of sp³-hybridized carbons (Fsp3) is 0.263. The summed E-state index contributed by atoms with van der Waals surface area (Å²) in [5.41, 5.74) is 1.84. The topological polar surface area (TPSA) is 58.6 Å². The lowest BCUT2D eigenvalue weighted by Crippen LogP contribution is -2.56. The molecular formula is C19H20N2O3. The van der Waals surface area contributed by atoms with Gasteiger partial charge >= 0.3 is 0 Å². The highest BCUT2D eigenvalue weighted by Gasteiger charge is 2.36. The maximum atomic E-state index is 12.4. The predicted molar refractivity (Wildman–Crippen MR) is 90.3 cm³/mol. The van der Waals surface area contributed by atoms with Crippen LogP contribution in [-0.2, 0) is 16.2 Å². The Morgan fingerprint density at radius 2 is 1.71 bits per heavy atom. The molecule has 3 rings (SSSR count). The number of carbonyl (C=O) groups excluding carboxylic acids is 2. The summed E-state index contributed by atoms with van der Waals surface area (Å²) in [6.07, 6.45) is 0. The highest BCUT2D eigenvalue weighted by atomic mass is 16.5. The first-order chi connectivity index (χ1) is 11.6. The van der Waals surface area contributed by atoms with Gasteiger partial charge in [-0.05, 0) is 30.2 Å². The summed E-state index contributed by atoms with van der Waals surface area (Å²) in [6.45, 7) is 2.20. The molecule has 2 aromatic carbocycles. The van der Waals surface area contributed by atoms with Crippen molar-refractivity contribution in [1.82, 2.24) is 10.2 Å². The minimum Gasteiger partial charge on any atom is -0.489 e. The van der Waals surface area contributed by atoms with Crippen LogP contribution in [-0.4, -0.2) is 29.8 Å². The molecule has 2 atom stereocenters. The SMILES string of the molecule is CC1C(=O)NC(c2ccc(OCc3ccccc3)cc2)C(=O)N1C. The first-order valence-corrected chi connectivity index (χ1v) is 7.90. The standard InChI is InChI=1S/C19H20N2O3/c1-13-18(22)20-17(19(23)21(13)2)15-8-10-16(11-9-15)24-12-14-6-4-3-5-7-14/h3-11,13,17H,12H2,1-2H3,(H,20,22). The number of piperazine rings is 1. The molecule has 1 saturated heterocycles. The minimum atomic E-state index is -0.637. The van der Waals surface area contributed by atoms with E-state index in [2.05, 4.69) is 5.32 Å². The second-order valence-electron chi connectivity index (χ2n) is 5.91. The first kappa shape index (κ1) is 16.1. The van der Waals surface area contributed by atoms with Crippen LogP contribution in [0.4, 0.5) is 0 Å². The number of carbonyl (C=O) groups is 2. The van der Waals surface area contributed by atoms with E-state index in [-0.39, 0.29) is 11.8 Å². The van der Waals surface area contributed by atoms with Gasteiger partial charge in [0.15, 0.2) is 0 Å². The van der Waals surface area contributed by atoms with E-state index in [0.29, 0.717) is 6.61 Å². The van der Waals surface area contributed by atoms with Crippen LogP contribution in [0.15, 0.2) is 54.6 Å². The summed E-state index contributed by atoms with van der Waals surface area (Å²) in [6, 6.07) is 16.1. The van der Waals surface area contributed by atoms with Gasteiger partial charge in [-0.3, -0.25) is 9.59 Å². The first-order valence-electron chi connectivity index (χ1n) is 7.90. The average Bonchev–Trinajstić information content (AvgIpc) is 2.62. The summed E-state index contributed by atoms with van der Waals surface area (Å²) in [7, 11) is 1.65. The molecule has 5 nitrogen and oxygen atoms in total. The van der Waals surface area contributed by atoms with Crippen molar-refractivity contribution in [1.29, 1.82) is 0 Å². The fourth-order valence-corrected chi connectivity index (χ4v) is 2.62. The van der Waals surface area contributed by atoms with Crippen LogP contribution in [0, 0.1) is 0 Å². The number of hydrogen-bond donors (Lipinski definition) is 1. The molecule has 1 aliphatic rings. The van der Waals surface area contributed by atoms with Crippen LogP contribution in [0.25, 0.3) is 0 Å². The smallest absolute Gasteiger partial charge is 0.250 e. The van der Waals surface area contributed by atoms with Crippen LogP contribution >= 0.6 is 0 Å². The molecule has 0 saturated carbocycles. The van der Waals surface area contributed by atoms with E-state index in [1.54, 1.807) is 14.0 Å². The van der Waals surface area contributed by atoms with Gasteiger partial charge in [0.25, 0.3) is 0 Å². The van der Waals surface area contributed by atoms with Crippen molar-refractivity contribution in [2.75, 3.05) is 7.05 Å². The number of rotatable bonds is 4. The van der Waals surface area contributed by atoms with Gasteiger partial charge in [0.05, 0.1) is 0 Å². The second kappa shape index (κ2) is 6.74. The van der Waals surface area contributed by atoms with Crippen molar-refractivity contribution in [3.8, 4) is 5.75 Å². The van der Waals surface area contributed by atoms with Gasteiger partial charge in [0, 0.05) is 7.05 Å². The molecule has 0 aliphatic carbocycles. The van der Waals surface area contributed by atoms with E-state index >= 15 is 0 Å². The van der Waals surface area contributed by atoms with Crippen molar-refractivity contribution in [3.05, 3.63) is 65.7 Å². The summed E-state index contributed by atoms with van der Waals surface area (Å²) in [5.74, 6) is 0.463. The summed E-state index contributed by atoms with van der Waals surface area (Å²) < 4.78 is 5.74. The van der Waals surface area contributed by atoms with Crippen LogP contribution in [0.5, 0.6) is 5.75 Å². The lowest BCUT2D eigenvalue weighted by atomic mass is 10.0. The molecule has 2 unspecified atom stereocenters. The zero-order valence-electron chi connectivity index (χ0n) is 13.7. The lowest BCUT2D eigenvalue weighted by Gasteiger charge is -2.34. The molecule has 5 heteroatoms. The molecule has 1 fully saturated rings. The normalized spacial score (nSPS) is 20.7. The minimum absolute atomic E-state index is 0.111. The van der Waals surface area contributed by atoms with Crippen molar-refractivity contribution in [2.24, 2.45) is 0 Å². The molecule has 0 spiro atoms. The molecule has 0 radical (unpaired) electrons. The third kappa shape index (κ3) is 3.25. The fourth-order valence-electron chi connectivity index (χ4n) is 2.62. The average molecular weight is 324 g/mol. The Morgan fingerprint density at radius 1 is 1.04 bits per heavy atom. The van der Waals surface area contributed by atoms with Gasteiger partial charge in [0.2, 0.25) is 11.8 Å². The van der Waals surface area contributed by atoms with Gasteiger partial charge in [-0.25, -0.2) is 0 Å². The maximum Gasteiger partial charge on any atom is 0.250 e. The number of hydrogen-bond acceptors (Lipinski definition) is 3. The van der Waals surface area contributed by atoms with Crippen LogP contribution in [0.2, 0.25) is 0 Å². The molecule has 1 N–H and O–H groups in total. The van der Waals surface area contributed by atoms with Crippen molar-refractivity contribution in [3.63, 3.8) is 0 Å². The quantitative estimate of drug-likeness (QED) is 0.939. The van der Waals surface area contributed by atoms with E-state index in [1.165, 1.54) is 4.90 Å². The third-order valence-electron chi connectivity index (χ3n) is 4.30. The highest BCUT2D eigenvalue weighted by molar-refractivity contribution is 5.97. The number of nitrogens with zero attached hydrogens (tertiary/aromatic N) is 1. The lowest BCUT2D eigenvalue weighted by molar-refractivity contribution is -0.147. The zero-order chi connectivity index (χ0) is 17.1. The van der Waals surface area contributed by atoms with E-state index in [1.807, 2.05) is 54.6 Å². The molecule has 124 valence electrons. The van der Waals surface area contributed by atoms with Gasteiger partial charge in [0.1, 0.15) is 24.4 Å². The summed E-state index contributed by atoms with van der Waals surface area (Å²) in [4.78, 5) is 25.8. The third-order valence-corrected chi connectivity index (χ3v) is 4.30. The second-order valence-corrected chi connectivity index (χ2v) is 5.91. The predicted octanol–water partition coefficient (Wildman–Crippen LogP) is 2.28. The van der Waals surface area contributed by atoms with Crippen LogP contribution < -0.4 is 10.1 Å². The highest BCUT2D eigenvalue weighted by Crippen LogP contribution is 2.23. The van der Waals surface area contributed by atoms with E-state index in [9.17, 15) is 9.59 Å². The Hall–Kier alpha value is -2.82. The Labute approximate surface area is 141 Å². The maximum absolute atomic E-state index is 12.4. The van der Waals surface area contributed by atoms with Crippen molar-refractivity contribution >= 4 is 11.8 Å². The van der Waals surface area contributed by atoms with Gasteiger partial charge in [-0.1, -0.05) is 42.5 Å². The van der Waals surface area contributed by atoms with E-state index in [4.69, 9.17) is 4.74 Å². The van der Waals surface area contributed by atoms with Gasteiger partial charge in [-0.2, -0.15) is 0 Å². The molecule has 24 heavy (non-hydrogen) atoms. The number of amides is 2. The van der Waals surface area contributed by atoms with Crippen LogP contribution in [0.1, 0.15) is 24.1 Å². The van der Waals surface area contributed by atoms with Gasteiger partial charge in [-0.15, -0.1) is 0 Å². The zero-order valence-corrected chi connectivity index (χ0v) is 13.7. The molecule has 2 amide bonds. The molecule has 2 aromatic rings. The molecular weight excluding hydrogens is 304 g/mol. The van der Waals surface area contributed by atoms with Gasteiger partial charge < -0.3 is 15.0 Å². The largest absolute Gasteiger partial charge is 0.489 e. The molecule has 0 bridgehead atoms. The Bertz CT molecular complexity index is 728. The molecule has 0 aromatic heterocycles. The van der Waals surface area contributed by atoms with Crippen LogP contribution in [0.3, 0.4) is 0 Å². The number of nitrogens with one attached hydrogen (secondary N) is 1. The number of ether oxygens (including phenoxy) is 1. The summed E-state index contributed by atoms with van der Waals surface area (Å²) >= 11 is 0. The molecule has 1 heterocycles. The van der Waals surface area contributed by atoms with E-state index in [0.717, 1.165) is 16.9 Å². The van der Waals surface area contributed by atoms with E-state index < -0.39 is 12.1 Å². The van der Waals surface area contributed by atoms with Crippen molar-refractivity contribution < 1.29 is 14.3 Å². The monoisotopic (exact) mass is 324 g/mol. The number of likely N-dealkylation sites (N-methyl/N-ethyl adjacent to an activating group) is 1. The Kier molecular flexibility index (Phi) is 4.51. The molecule has 1 aliphatic heterocycles. The number of benzene rings is 2. The Balaban J connectivity index is 1.68.